The van der Waals surface area contributed by atoms with Crippen LogP contribution in [0.2, 0.25) is 0 Å². The van der Waals surface area contributed by atoms with Gasteiger partial charge in [0, 0.05) is 31.8 Å². The summed E-state index contributed by atoms with van der Waals surface area (Å²) in [6.45, 7) is 1.37. The van der Waals surface area contributed by atoms with Gasteiger partial charge in [0.1, 0.15) is 6.10 Å². The monoisotopic (exact) mass is 495 g/mol. The minimum absolute atomic E-state index is 0.0108. The Morgan fingerprint density at radius 1 is 1.06 bits per heavy atom. The number of nitrogens with zero attached hydrogens (tertiary/aromatic N) is 1. The summed E-state index contributed by atoms with van der Waals surface area (Å²) in [5.74, 6) is 2.55. The maximum atomic E-state index is 13.4. The first kappa shape index (κ1) is 23.0. The number of ether oxygens (including phenoxy) is 7. The second-order valence-electron chi connectivity index (χ2n) is 9.38. The number of carbonyl (C=O) groups excluding carboxylic acids is 1. The molecule has 4 aliphatic rings. The summed E-state index contributed by atoms with van der Waals surface area (Å²) >= 11 is 0. The summed E-state index contributed by atoms with van der Waals surface area (Å²) in [6, 6.07) is 7.16. The molecule has 0 saturated carbocycles. The van der Waals surface area contributed by atoms with Gasteiger partial charge in [-0.3, -0.25) is 4.90 Å². The molecule has 1 unspecified atom stereocenters. The number of hydrogen-bond donors (Lipinski definition) is 0. The van der Waals surface area contributed by atoms with Gasteiger partial charge in [0.25, 0.3) is 0 Å². The van der Waals surface area contributed by atoms with Gasteiger partial charge in [-0.05, 0) is 36.2 Å². The normalized spacial score (nSPS) is 28.8. The van der Waals surface area contributed by atoms with E-state index in [-0.39, 0.29) is 18.9 Å². The predicted octanol–water partition coefficient (Wildman–Crippen LogP) is 3.08. The zero-order valence-corrected chi connectivity index (χ0v) is 20.7. The molecule has 2 bridgehead atoms. The van der Waals surface area contributed by atoms with E-state index in [1.165, 1.54) is 7.11 Å². The Balaban J connectivity index is 1.43. The Bertz CT molecular complexity index is 1240. The largest absolute Gasteiger partial charge is 0.493 e. The van der Waals surface area contributed by atoms with Crippen LogP contribution < -0.4 is 23.7 Å². The van der Waals surface area contributed by atoms with Gasteiger partial charge in [0.05, 0.1) is 38.4 Å². The van der Waals surface area contributed by atoms with Crippen LogP contribution in [0.1, 0.15) is 27.9 Å². The molecular weight excluding hydrogens is 466 g/mol. The first-order chi connectivity index (χ1) is 17.5. The van der Waals surface area contributed by atoms with Crippen molar-refractivity contribution in [3.8, 4) is 28.7 Å². The van der Waals surface area contributed by atoms with E-state index >= 15 is 0 Å². The van der Waals surface area contributed by atoms with Gasteiger partial charge in [-0.25, -0.2) is 4.79 Å². The summed E-state index contributed by atoms with van der Waals surface area (Å²) in [7, 11) is 6.46. The highest BCUT2D eigenvalue weighted by Crippen LogP contribution is 2.58. The fourth-order valence-corrected chi connectivity index (χ4v) is 6.24. The van der Waals surface area contributed by atoms with E-state index in [1.54, 1.807) is 39.5 Å². The van der Waals surface area contributed by atoms with E-state index in [4.69, 9.17) is 33.2 Å². The van der Waals surface area contributed by atoms with Gasteiger partial charge in [-0.2, -0.15) is 0 Å². The molecule has 1 saturated heterocycles. The highest BCUT2D eigenvalue weighted by atomic mass is 16.7. The zero-order chi connectivity index (χ0) is 25.0. The minimum atomic E-state index is -0.580. The van der Waals surface area contributed by atoms with Crippen molar-refractivity contribution in [2.24, 2.45) is 0 Å². The van der Waals surface area contributed by atoms with Crippen LogP contribution in [-0.4, -0.2) is 70.9 Å². The minimum Gasteiger partial charge on any atom is -0.493 e. The van der Waals surface area contributed by atoms with Crippen molar-refractivity contribution >= 4 is 5.97 Å². The maximum absolute atomic E-state index is 13.4. The molecule has 9 nitrogen and oxygen atoms in total. The third-order valence-electron chi connectivity index (χ3n) is 7.89. The van der Waals surface area contributed by atoms with Crippen molar-refractivity contribution in [3.63, 3.8) is 0 Å². The van der Waals surface area contributed by atoms with Gasteiger partial charge in [0.15, 0.2) is 23.0 Å². The van der Waals surface area contributed by atoms with E-state index in [9.17, 15) is 4.79 Å². The topological polar surface area (TPSA) is 84.9 Å². The Kier molecular flexibility index (Phi) is 5.49. The summed E-state index contributed by atoms with van der Waals surface area (Å²) in [5.41, 5.74) is 1.89. The first-order valence-corrected chi connectivity index (χ1v) is 11.9. The average molecular weight is 496 g/mol. The molecule has 2 aromatic carbocycles. The fourth-order valence-electron chi connectivity index (χ4n) is 6.24. The Morgan fingerprint density at radius 2 is 1.89 bits per heavy atom. The van der Waals surface area contributed by atoms with Gasteiger partial charge in [-0.15, -0.1) is 0 Å². The van der Waals surface area contributed by atoms with Crippen LogP contribution in [0, 0.1) is 0 Å². The van der Waals surface area contributed by atoms with E-state index in [0.29, 0.717) is 47.4 Å². The molecule has 36 heavy (non-hydrogen) atoms. The molecule has 6 rings (SSSR count). The lowest BCUT2D eigenvalue weighted by atomic mass is 9.65. The Morgan fingerprint density at radius 3 is 2.64 bits per heavy atom. The number of esters is 1. The summed E-state index contributed by atoms with van der Waals surface area (Å²) in [5, 5.41) is 0. The molecule has 0 radical (unpaired) electrons. The molecule has 3 aliphatic heterocycles. The molecule has 0 amide bonds. The van der Waals surface area contributed by atoms with Crippen LogP contribution in [0.5, 0.6) is 28.7 Å². The number of rotatable bonds is 6. The molecular formula is C27H29NO8. The van der Waals surface area contributed by atoms with Gasteiger partial charge < -0.3 is 33.2 Å². The molecule has 0 spiro atoms. The van der Waals surface area contributed by atoms with Crippen LogP contribution in [0.4, 0.5) is 0 Å². The molecule has 1 aliphatic carbocycles. The first-order valence-electron chi connectivity index (χ1n) is 11.9. The Labute approximate surface area is 209 Å². The molecule has 190 valence electrons. The standard InChI is InChI=1S/C27H29NO8/c1-30-16-7-8-27-18-11-21-25(35-14-34-21)24(33-4)17(18)12-28(22(27)10-16)13-23(27)36-26(29)15-5-6-19(31-2)20(9-15)32-3/h5-9,11,16,22-23H,10,12-14H2,1-4H3/t16-,22-,23+,27+/m0/s1. The highest BCUT2D eigenvalue weighted by Gasteiger charge is 2.61. The zero-order valence-electron chi connectivity index (χ0n) is 20.7. The molecule has 9 heteroatoms. The third kappa shape index (κ3) is 3.19. The van der Waals surface area contributed by atoms with Crippen molar-refractivity contribution in [2.45, 2.75) is 36.6 Å². The van der Waals surface area contributed by atoms with Crippen LogP contribution in [0.3, 0.4) is 0 Å². The predicted molar refractivity (Wildman–Crippen MR) is 128 cm³/mol. The number of methoxy groups -OCH3 is 4. The Hall–Kier alpha value is -3.43. The smallest absolute Gasteiger partial charge is 0.338 e. The lowest BCUT2D eigenvalue weighted by Crippen LogP contribution is -2.53. The highest BCUT2D eigenvalue weighted by molar-refractivity contribution is 5.90. The lowest BCUT2D eigenvalue weighted by molar-refractivity contribution is 0.0187. The van der Waals surface area contributed by atoms with Gasteiger partial charge in [0.2, 0.25) is 12.5 Å². The molecule has 1 fully saturated rings. The van der Waals surface area contributed by atoms with Crippen LogP contribution in [0.15, 0.2) is 36.4 Å². The van der Waals surface area contributed by atoms with Crippen molar-refractivity contribution in [3.05, 3.63) is 53.1 Å². The van der Waals surface area contributed by atoms with Crippen molar-refractivity contribution < 1.29 is 38.0 Å². The summed E-state index contributed by atoms with van der Waals surface area (Å²) < 4.78 is 40.0. The molecule has 3 heterocycles. The van der Waals surface area contributed by atoms with Gasteiger partial charge in [-0.1, -0.05) is 12.2 Å². The third-order valence-corrected chi connectivity index (χ3v) is 7.89. The number of hydrogen-bond acceptors (Lipinski definition) is 9. The van der Waals surface area contributed by atoms with E-state index in [1.807, 2.05) is 6.07 Å². The summed E-state index contributed by atoms with van der Waals surface area (Å²) in [6.07, 6.45) is 4.57. The maximum Gasteiger partial charge on any atom is 0.338 e. The van der Waals surface area contributed by atoms with E-state index in [2.05, 4.69) is 17.1 Å². The second-order valence-corrected chi connectivity index (χ2v) is 9.38. The van der Waals surface area contributed by atoms with E-state index < -0.39 is 17.5 Å². The van der Waals surface area contributed by atoms with Crippen LogP contribution >= 0.6 is 0 Å². The van der Waals surface area contributed by atoms with E-state index in [0.717, 1.165) is 17.5 Å². The number of benzene rings is 2. The second kappa shape index (κ2) is 8.60. The van der Waals surface area contributed by atoms with Crippen LogP contribution in [0.25, 0.3) is 0 Å². The SMILES string of the molecule is COc1ccc(C(=O)O[C@@H]2CN3Cc4c(cc5c(c4OC)OCO5)[C@@]24C=C[C@H](OC)C[C@H]34)cc1OC. The number of carbonyl (C=O) groups is 1. The number of fused-ring (bicyclic) bond motifs is 2. The van der Waals surface area contributed by atoms with Crippen molar-refractivity contribution in [1.29, 1.82) is 0 Å². The quantitative estimate of drug-likeness (QED) is 0.443. The summed E-state index contributed by atoms with van der Waals surface area (Å²) in [4.78, 5) is 15.8. The molecule has 2 aromatic rings. The van der Waals surface area contributed by atoms with Crippen molar-refractivity contribution in [2.75, 3.05) is 41.8 Å². The molecule has 5 atom stereocenters. The fraction of sp³-hybridized carbons (Fsp3) is 0.444. The lowest BCUT2D eigenvalue weighted by Gasteiger charge is -2.46. The van der Waals surface area contributed by atoms with Crippen LogP contribution in [-0.2, 0) is 21.4 Å². The average Bonchev–Trinajstić information content (AvgIpc) is 3.47. The van der Waals surface area contributed by atoms with Gasteiger partial charge >= 0.3 is 5.97 Å². The van der Waals surface area contributed by atoms with Crippen molar-refractivity contribution in [1.82, 2.24) is 4.90 Å². The molecule has 0 N–H and O–H groups in total. The molecule has 0 aromatic heterocycles.